The highest BCUT2D eigenvalue weighted by Crippen LogP contribution is 2.29. The SMILES string of the molecule is CC1=NC(=O)NC(c2ccccc2F)C1C(=O)OCc1ccc(C)cc1. The highest BCUT2D eigenvalue weighted by Gasteiger charge is 2.39. The Kier molecular flexibility index (Phi) is 5.11. The van der Waals surface area contributed by atoms with E-state index in [1.165, 1.54) is 6.07 Å². The Labute approximate surface area is 150 Å². The second kappa shape index (κ2) is 7.47. The molecule has 0 aromatic heterocycles. The lowest BCUT2D eigenvalue weighted by molar-refractivity contribution is -0.148. The van der Waals surface area contributed by atoms with E-state index >= 15 is 0 Å². The molecule has 0 bridgehead atoms. The fraction of sp³-hybridized carbons (Fsp3) is 0.250. The van der Waals surface area contributed by atoms with Gasteiger partial charge in [0.2, 0.25) is 0 Å². The molecular formula is C20H19FN2O3. The number of carbonyl (C=O) groups is 2. The number of ether oxygens (including phenoxy) is 1. The smallest absolute Gasteiger partial charge is 0.341 e. The van der Waals surface area contributed by atoms with Crippen molar-refractivity contribution in [1.82, 2.24) is 5.32 Å². The van der Waals surface area contributed by atoms with Crippen molar-refractivity contribution in [2.24, 2.45) is 10.9 Å². The zero-order chi connectivity index (χ0) is 18.7. The number of benzene rings is 2. The van der Waals surface area contributed by atoms with Crippen molar-refractivity contribution in [2.45, 2.75) is 26.5 Å². The average Bonchev–Trinajstić information content (AvgIpc) is 2.61. The van der Waals surface area contributed by atoms with Crippen LogP contribution >= 0.6 is 0 Å². The maximum Gasteiger partial charge on any atom is 0.341 e. The van der Waals surface area contributed by atoms with Gasteiger partial charge in [-0.3, -0.25) is 4.79 Å². The lowest BCUT2D eigenvalue weighted by atomic mass is 9.88. The number of rotatable bonds is 4. The van der Waals surface area contributed by atoms with Gasteiger partial charge >= 0.3 is 12.0 Å². The Hall–Kier alpha value is -3.02. The molecule has 1 aliphatic rings. The van der Waals surface area contributed by atoms with Gasteiger partial charge in [0.1, 0.15) is 18.3 Å². The van der Waals surface area contributed by atoms with E-state index in [0.29, 0.717) is 5.71 Å². The molecule has 0 radical (unpaired) electrons. The molecule has 0 spiro atoms. The first-order valence-corrected chi connectivity index (χ1v) is 8.28. The number of halogens is 1. The molecule has 0 fully saturated rings. The van der Waals surface area contributed by atoms with Crippen LogP contribution in [0.3, 0.4) is 0 Å². The molecule has 2 amide bonds. The van der Waals surface area contributed by atoms with E-state index in [2.05, 4.69) is 10.3 Å². The van der Waals surface area contributed by atoms with Crippen LogP contribution in [-0.2, 0) is 16.1 Å². The number of nitrogens with one attached hydrogen (secondary N) is 1. The number of hydrogen-bond acceptors (Lipinski definition) is 3. The molecule has 1 heterocycles. The normalized spacial score (nSPS) is 19.5. The Balaban J connectivity index is 1.82. The van der Waals surface area contributed by atoms with Crippen molar-refractivity contribution in [3.8, 4) is 0 Å². The molecule has 2 aromatic carbocycles. The van der Waals surface area contributed by atoms with E-state index in [1.807, 2.05) is 31.2 Å². The van der Waals surface area contributed by atoms with E-state index in [1.54, 1.807) is 25.1 Å². The minimum atomic E-state index is -0.880. The van der Waals surface area contributed by atoms with E-state index < -0.39 is 29.8 Å². The summed E-state index contributed by atoms with van der Waals surface area (Å²) in [5, 5.41) is 2.57. The summed E-state index contributed by atoms with van der Waals surface area (Å²) < 4.78 is 19.6. The van der Waals surface area contributed by atoms with E-state index in [4.69, 9.17) is 4.74 Å². The van der Waals surface area contributed by atoms with Gasteiger partial charge in [0, 0.05) is 11.3 Å². The van der Waals surface area contributed by atoms with Crippen molar-refractivity contribution in [1.29, 1.82) is 0 Å². The summed E-state index contributed by atoms with van der Waals surface area (Å²) in [5.74, 6) is -1.93. The monoisotopic (exact) mass is 354 g/mol. The first-order chi connectivity index (χ1) is 12.5. The molecule has 2 aromatic rings. The van der Waals surface area contributed by atoms with Crippen LogP contribution in [0.1, 0.15) is 29.7 Å². The molecule has 134 valence electrons. The largest absolute Gasteiger partial charge is 0.460 e. The number of aryl methyl sites for hydroxylation is 1. The summed E-state index contributed by atoms with van der Waals surface area (Å²) >= 11 is 0. The van der Waals surface area contributed by atoms with Crippen molar-refractivity contribution in [3.05, 3.63) is 71.0 Å². The Morgan fingerprint density at radius 2 is 1.85 bits per heavy atom. The van der Waals surface area contributed by atoms with Gasteiger partial charge in [0.15, 0.2) is 0 Å². The van der Waals surface area contributed by atoms with E-state index in [-0.39, 0.29) is 12.2 Å². The molecule has 0 saturated heterocycles. The summed E-state index contributed by atoms with van der Waals surface area (Å²) in [4.78, 5) is 28.2. The van der Waals surface area contributed by atoms with Crippen LogP contribution in [0, 0.1) is 18.7 Å². The van der Waals surface area contributed by atoms with Gasteiger partial charge in [-0.05, 0) is 25.5 Å². The lowest BCUT2D eigenvalue weighted by Gasteiger charge is -2.29. The molecule has 26 heavy (non-hydrogen) atoms. The van der Waals surface area contributed by atoms with Gasteiger partial charge in [-0.2, -0.15) is 0 Å². The Morgan fingerprint density at radius 1 is 1.15 bits per heavy atom. The minimum Gasteiger partial charge on any atom is -0.460 e. The number of amides is 2. The average molecular weight is 354 g/mol. The second-order valence-corrected chi connectivity index (χ2v) is 6.27. The van der Waals surface area contributed by atoms with Crippen LogP contribution in [0.5, 0.6) is 0 Å². The molecule has 0 saturated carbocycles. The molecule has 2 unspecified atom stereocenters. The number of urea groups is 1. The topological polar surface area (TPSA) is 67.8 Å². The number of esters is 1. The molecule has 6 heteroatoms. The van der Waals surface area contributed by atoms with Gasteiger partial charge in [-0.15, -0.1) is 0 Å². The summed E-state index contributed by atoms with van der Waals surface area (Å²) in [6.07, 6.45) is 0. The zero-order valence-corrected chi connectivity index (χ0v) is 14.5. The Bertz CT molecular complexity index is 862. The molecule has 1 aliphatic heterocycles. The molecule has 2 atom stereocenters. The van der Waals surface area contributed by atoms with Gasteiger partial charge in [0.25, 0.3) is 0 Å². The number of hydrogen-bond donors (Lipinski definition) is 1. The van der Waals surface area contributed by atoms with Crippen molar-refractivity contribution < 1.29 is 18.7 Å². The molecular weight excluding hydrogens is 335 g/mol. The zero-order valence-electron chi connectivity index (χ0n) is 14.5. The molecule has 1 N–H and O–H groups in total. The predicted molar refractivity (Wildman–Crippen MR) is 95.2 cm³/mol. The quantitative estimate of drug-likeness (QED) is 0.851. The van der Waals surface area contributed by atoms with Crippen molar-refractivity contribution in [3.63, 3.8) is 0 Å². The van der Waals surface area contributed by atoms with Gasteiger partial charge in [-0.1, -0.05) is 48.0 Å². The second-order valence-electron chi connectivity index (χ2n) is 6.27. The summed E-state index contributed by atoms with van der Waals surface area (Å²) in [6, 6.07) is 12.2. The number of carbonyl (C=O) groups excluding carboxylic acids is 2. The predicted octanol–water partition coefficient (Wildman–Crippen LogP) is 3.72. The van der Waals surface area contributed by atoms with Crippen molar-refractivity contribution in [2.75, 3.05) is 0 Å². The van der Waals surface area contributed by atoms with Crippen LogP contribution in [0.15, 0.2) is 53.5 Å². The number of aliphatic imine (C=N–C) groups is 1. The fourth-order valence-corrected chi connectivity index (χ4v) is 2.94. The summed E-state index contributed by atoms with van der Waals surface area (Å²) in [5.41, 5.74) is 2.49. The van der Waals surface area contributed by atoms with Gasteiger partial charge in [0.05, 0.1) is 6.04 Å². The Morgan fingerprint density at radius 3 is 2.54 bits per heavy atom. The lowest BCUT2D eigenvalue weighted by Crippen LogP contribution is -2.44. The fourth-order valence-electron chi connectivity index (χ4n) is 2.94. The van der Waals surface area contributed by atoms with Crippen LogP contribution < -0.4 is 5.32 Å². The standard InChI is InChI=1S/C20H19FN2O3/c1-12-7-9-14(10-8-12)11-26-19(24)17-13(2)22-20(25)23-18(17)15-5-3-4-6-16(15)21/h3-10,17-18H,11H2,1-2H3,(H,23,25). The van der Waals surface area contributed by atoms with Crippen LogP contribution in [0.2, 0.25) is 0 Å². The highest BCUT2D eigenvalue weighted by molar-refractivity contribution is 6.08. The summed E-state index contributed by atoms with van der Waals surface area (Å²) in [7, 11) is 0. The third-order valence-electron chi connectivity index (χ3n) is 4.34. The van der Waals surface area contributed by atoms with E-state index in [0.717, 1.165) is 11.1 Å². The van der Waals surface area contributed by atoms with Crippen molar-refractivity contribution >= 4 is 17.7 Å². The molecule has 0 aliphatic carbocycles. The van der Waals surface area contributed by atoms with Gasteiger partial charge < -0.3 is 10.1 Å². The number of nitrogens with zero attached hydrogens (tertiary/aromatic N) is 1. The first-order valence-electron chi connectivity index (χ1n) is 8.28. The first kappa shape index (κ1) is 17.8. The van der Waals surface area contributed by atoms with E-state index in [9.17, 15) is 14.0 Å². The van der Waals surface area contributed by atoms with Crippen LogP contribution in [0.25, 0.3) is 0 Å². The third kappa shape index (κ3) is 3.79. The van der Waals surface area contributed by atoms with Gasteiger partial charge in [-0.25, -0.2) is 14.2 Å². The summed E-state index contributed by atoms with van der Waals surface area (Å²) in [6.45, 7) is 3.64. The highest BCUT2D eigenvalue weighted by atomic mass is 19.1. The minimum absolute atomic E-state index is 0.0980. The van der Waals surface area contributed by atoms with Crippen LogP contribution in [-0.4, -0.2) is 17.7 Å². The molecule has 5 nitrogen and oxygen atoms in total. The third-order valence-corrected chi connectivity index (χ3v) is 4.34. The van der Waals surface area contributed by atoms with Crippen LogP contribution in [0.4, 0.5) is 9.18 Å². The molecule has 3 rings (SSSR count). The maximum absolute atomic E-state index is 14.2. The maximum atomic E-state index is 14.2.